The normalized spacial score (nSPS) is 9.21. The molecule has 4 nitrogen and oxygen atoms in total. The van der Waals surface area contributed by atoms with Gasteiger partial charge in [0.25, 0.3) is 0 Å². The van der Waals surface area contributed by atoms with E-state index >= 15 is 0 Å². The number of benzene rings is 1. The molecule has 0 radical (unpaired) electrons. The summed E-state index contributed by atoms with van der Waals surface area (Å²) in [6, 6.07) is 5.54. The van der Waals surface area contributed by atoms with Crippen LogP contribution in [0.2, 0.25) is 0 Å². The van der Waals surface area contributed by atoms with Crippen LogP contribution in [0, 0.1) is 12.0 Å². The number of carbonyl (C=O) groups excluding carboxylic acids is 1. The number of amides is 1. The Kier molecular flexibility index (Phi) is 6.31. The number of anilines is 1. The average molecular weight is 261 g/mol. The van der Waals surface area contributed by atoms with Crippen LogP contribution in [0.4, 0.5) is 10.5 Å². The molecule has 1 aromatic rings. The van der Waals surface area contributed by atoms with E-state index in [1.165, 1.54) is 0 Å². The SMILES string of the molecule is CC#COC(=O)Nc1ccc(OCC)c(CCC)c1. The van der Waals surface area contributed by atoms with Crippen LogP contribution in [0.15, 0.2) is 18.2 Å². The van der Waals surface area contributed by atoms with Crippen molar-refractivity contribution in [3.05, 3.63) is 23.8 Å². The van der Waals surface area contributed by atoms with Gasteiger partial charge in [0, 0.05) is 12.6 Å². The lowest BCUT2D eigenvalue weighted by atomic mass is 10.1. The molecule has 102 valence electrons. The van der Waals surface area contributed by atoms with Crippen molar-refractivity contribution < 1.29 is 14.3 Å². The smallest absolute Gasteiger partial charge is 0.425 e. The highest BCUT2D eigenvalue weighted by atomic mass is 16.5. The lowest BCUT2D eigenvalue weighted by Crippen LogP contribution is -2.11. The Hall–Kier alpha value is -2.15. The van der Waals surface area contributed by atoms with Gasteiger partial charge in [-0.3, -0.25) is 5.32 Å². The largest absolute Gasteiger partial charge is 0.494 e. The number of ether oxygens (including phenoxy) is 2. The van der Waals surface area contributed by atoms with Crippen molar-refractivity contribution >= 4 is 11.8 Å². The van der Waals surface area contributed by atoms with Crippen LogP contribution in [0.5, 0.6) is 5.75 Å². The van der Waals surface area contributed by atoms with Crippen LogP contribution in [0.3, 0.4) is 0 Å². The molecule has 19 heavy (non-hydrogen) atoms. The van der Waals surface area contributed by atoms with Crippen molar-refractivity contribution in [2.24, 2.45) is 0 Å². The molecular formula is C15H19NO3. The molecule has 0 aliphatic heterocycles. The maximum absolute atomic E-state index is 11.4. The van der Waals surface area contributed by atoms with Crippen molar-refractivity contribution in [2.75, 3.05) is 11.9 Å². The second-order valence-corrected chi connectivity index (χ2v) is 3.87. The maximum Gasteiger partial charge on any atom is 0.425 e. The summed E-state index contributed by atoms with van der Waals surface area (Å²) in [7, 11) is 0. The zero-order chi connectivity index (χ0) is 14.1. The summed E-state index contributed by atoms with van der Waals surface area (Å²) in [6.07, 6.45) is 3.58. The predicted octanol–water partition coefficient (Wildman–Crippen LogP) is 3.57. The fourth-order valence-corrected chi connectivity index (χ4v) is 1.66. The molecule has 0 saturated carbocycles. The first-order chi connectivity index (χ1) is 9.21. The van der Waals surface area contributed by atoms with E-state index < -0.39 is 6.09 Å². The van der Waals surface area contributed by atoms with E-state index in [1.54, 1.807) is 13.0 Å². The third kappa shape index (κ3) is 4.92. The van der Waals surface area contributed by atoms with Gasteiger partial charge in [-0.05, 0) is 37.1 Å². The first-order valence-corrected chi connectivity index (χ1v) is 6.36. The Balaban J connectivity index is 2.81. The van der Waals surface area contributed by atoms with Crippen molar-refractivity contribution in [2.45, 2.75) is 33.6 Å². The van der Waals surface area contributed by atoms with Crippen molar-refractivity contribution in [3.8, 4) is 17.8 Å². The first kappa shape index (κ1) is 14.9. The second kappa shape index (κ2) is 8.04. The standard InChI is InChI=1S/C15H19NO3/c1-4-7-12-11-13(8-9-14(12)18-6-3)16-15(17)19-10-5-2/h8-9,11H,4,6-7H2,1-3H3,(H,16,17). The minimum Gasteiger partial charge on any atom is -0.494 e. The Labute approximate surface area is 114 Å². The number of carbonyl (C=O) groups is 1. The van der Waals surface area contributed by atoms with E-state index in [4.69, 9.17) is 4.74 Å². The van der Waals surface area contributed by atoms with E-state index in [0.717, 1.165) is 24.2 Å². The minimum atomic E-state index is -0.582. The van der Waals surface area contributed by atoms with E-state index in [1.807, 2.05) is 19.1 Å². The summed E-state index contributed by atoms with van der Waals surface area (Å²) in [4.78, 5) is 11.4. The fourth-order valence-electron chi connectivity index (χ4n) is 1.66. The molecule has 0 aliphatic rings. The van der Waals surface area contributed by atoms with Gasteiger partial charge in [-0.25, -0.2) is 4.79 Å². The molecule has 0 fully saturated rings. The van der Waals surface area contributed by atoms with Crippen LogP contribution in [-0.2, 0) is 11.2 Å². The van der Waals surface area contributed by atoms with Crippen molar-refractivity contribution in [1.29, 1.82) is 0 Å². The summed E-state index contributed by atoms with van der Waals surface area (Å²) >= 11 is 0. The van der Waals surface area contributed by atoms with Gasteiger partial charge in [0.05, 0.1) is 6.61 Å². The first-order valence-electron chi connectivity index (χ1n) is 6.36. The summed E-state index contributed by atoms with van der Waals surface area (Å²) in [5.41, 5.74) is 1.75. The number of hydrogen-bond donors (Lipinski definition) is 1. The van der Waals surface area contributed by atoms with Crippen molar-refractivity contribution in [3.63, 3.8) is 0 Å². The summed E-state index contributed by atoms with van der Waals surface area (Å²) in [6.45, 7) is 6.27. The number of nitrogens with one attached hydrogen (secondary N) is 1. The van der Waals surface area contributed by atoms with Gasteiger partial charge in [-0.1, -0.05) is 19.3 Å². The third-order valence-corrected chi connectivity index (χ3v) is 2.37. The molecule has 0 aliphatic carbocycles. The number of rotatable bonds is 5. The van der Waals surface area contributed by atoms with Gasteiger partial charge in [0.2, 0.25) is 0 Å². The van der Waals surface area contributed by atoms with Gasteiger partial charge in [-0.15, -0.1) is 0 Å². The monoisotopic (exact) mass is 261 g/mol. The molecule has 0 unspecified atom stereocenters. The summed E-state index contributed by atoms with van der Waals surface area (Å²) in [5.74, 6) is 3.35. The average Bonchev–Trinajstić information content (AvgIpc) is 2.40. The van der Waals surface area contributed by atoms with Crippen molar-refractivity contribution in [1.82, 2.24) is 0 Å². The topological polar surface area (TPSA) is 47.6 Å². The van der Waals surface area contributed by atoms with Gasteiger partial charge in [0.15, 0.2) is 0 Å². The molecule has 1 N–H and O–H groups in total. The van der Waals surface area contributed by atoms with Gasteiger partial charge in [0.1, 0.15) is 11.9 Å². The Bertz CT molecular complexity index is 486. The van der Waals surface area contributed by atoms with E-state index in [9.17, 15) is 4.79 Å². The molecule has 1 amide bonds. The molecule has 0 heterocycles. The van der Waals surface area contributed by atoms with Gasteiger partial charge in [-0.2, -0.15) is 0 Å². The van der Waals surface area contributed by atoms with Crippen LogP contribution in [0.25, 0.3) is 0 Å². The minimum absolute atomic E-state index is 0.582. The predicted molar refractivity (Wildman–Crippen MR) is 75.2 cm³/mol. The van der Waals surface area contributed by atoms with E-state index in [-0.39, 0.29) is 0 Å². The lowest BCUT2D eigenvalue weighted by molar-refractivity contribution is 0.207. The zero-order valence-corrected chi connectivity index (χ0v) is 11.6. The summed E-state index contributed by atoms with van der Waals surface area (Å²) in [5, 5.41) is 2.63. The van der Waals surface area contributed by atoms with Gasteiger partial charge < -0.3 is 9.47 Å². The molecule has 4 heteroatoms. The molecule has 0 bridgehead atoms. The van der Waals surface area contributed by atoms with Crippen LogP contribution >= 0.6 is 0 Å². The number of hydrogen-bond acceptors (Lipinski definition) is 3. The van der Waals surface area contributed by atoms with E-state index in [0.29, 0.717) is 12.3 Å². The molecule has 0 saturated heterocycles. The van der Waals surface area contributed by atoms with Crippen LogP contribution < -0.4 is 10.1 Å². The third-order valence-electron chi connectivity index (χ3n) is 2.37. The Morgan fingerprint density at radius 1 is 1.37 bits per heavy atom. The molecule has 0 atom stereocenters. The quantitative estimate of drug-likeness (QED) is 0.824. The van der Waals surface area contributed by atoms with Gasteiger partial charge >= 0.3 is 6.09 Å². The highest BCUT2D eigenvalue weighted by Gasteiger charge is 2.07. The highest BCUT2D eigenvalue weighted by molar-refractivity contribution is 5.85. The Morgan fingerprint density at radius 2 is 2.16 bits per heavy atom. The fraction of sp³-hybridized carbons (Fsp3) is 0.400. The zero-order valence-electron chi connectivity index (χ0n) is 11.6. The maximum atomic E-state index is 11.4. The second-order valence-electron chi connectivity index (χ2n) is 3.87. The molecule has 1 rings (SSSR count). The lowest BCUT2D eigenvalue weighted by Gasteiger charge is -2.11. The van der Waals surface area contributed by atoms with E-state index in [2.05, 4.69) is 29.0 Å². The summed E-state index contributed by atoms with van der Waals surface area (Å²) < 4.78 is 10.2. The number of aryl methyl sites for hydroxylation is 1. The molecular weight excluding hydrogens is 242 g/mol. The highest BCUT2D eigenvalue weighted by Crippen LogP contribution is 2.24. The molecule has 1 aromatic carbocycles. The van der Waals surface area contributed by atoms with Crippen LogP contribution in [0.1, 0.15) is 32.8 Å². The molecule has 0 aromatic heterocycles. The molecule has 0 spiro atoms. The van der Waals surface area contributed by atoms with Crippen LogP contribution in [-0.4, -0.2) is 12.7 Å². The Morgan fingerprint density at radius 3 is 2.79 bits per heavy atom.